The summed E-state index contributed by atoms with van der Waals surface area (Å²) in [7, 11) is 1.78. The molecule has 2 fully saturated rings. The van der Waals surface area contributed by atoms with Crippen LogP contribution in [-0.4, -0.2) is 42.9 Å². The molecule has 0 aromatic heterocycles. The molecule has 1 saturated carbocycles. The Kier molecular flexibility index (Phi) is 4.90. The van der Waals surface area contributed by atoms with Crippen LogP contribution in [0, 0.1) is 5.92 Å². The normalized spacial score (nSPS) is 30.4. The summed E-state index contributed by atoms with van der Waals surface area (Å²) >= 11 is 0. The highest BCUT2D eigenvalue weighted by atomic mass is 16.2. The van der Waals surface area contributed by atoms with Gasteiger partial charge in [-0.15, -0.1) is 0 Å². The van der Waals surface area contributed by atoms with E-state index in [9.17, 15) is 9.59 Å². The minimum atomic E-state index is -0.526. The lowest BCUT2D eigenvalue weighted by molar-refractivity contribution is -0.141. The first-order valence-electron chi connectivity index (χ1n) is 8.87. The lowest BCUT2D eigenvalue weighted by atomic mass is 9.61. The summed E-state index contributed by atoms with van der Waals surface area (Å²) in [6, 6.07) is 10.4. The molecule has 0 spiro atoms. The van der Waals surface area contributed by atoms with Gasteiger partial charge in [0.05, 0.1) is 0 Å². The topological polar surface area (TPSA) is 75.4 Å². The Hall–Kier alpha value is -1.88. The Balaban J connectivity index is 1.60. The highest BCUT2D eigenvalue weighted by Crippen LogP contribution is 2.43. The lowest BCUT2D eigenvalue weighted by Gasteiger charge is -2.48. The smallest absolute Gasteiger partial charge is 0.234 e. The zero-order valence-electron chi connectivity index (χ0n) is 14.3. The van der Waals surface area contributed by atoms with Gasteiger partial charge < -0.3 is 16.0 Å². The molecule has 5 nitrogen and oxygen atoms in total. The first kappa shape index (κ1) is 17.0. The number of carbonyl (C=O) groups excluding carboxylic acids is 2. The molecule has 130 valence electrons. The predicted octanol–water partition coefficient (Wildman–Crippen LogP) is 1.42. The van der Waals surface area contributed by atoms with Gasteiger partial charge in [-0.1, -0.05) is 36.8 Å². The molecule has 3 rings (SSSR count). The van der Waals surface area contributed by atoms with Gasteiger partial charge in [0.1, 0.15) is 5.92 Å². The molecule has 1 atom stereocenters. The Morgan fingerprint density at radius 3 is 2.67 bits per heavy atom. The first-order valence-corrected chi connectivity index (χ1v) is 8.87. The number of carbonyl (C=O) groups is 2. The van der Waals surface area contributed by atoms with Gasteiger partial charge in [-0.2, -0.15) is 0 Å². The average molecular weight is 329 g/mol. The Morgan fingerprint density at radius 1 is 1.29 bits per heavy atom. The third kappa shape index (κ3) is 3.18. The van der Waals surface area contributed by atoms with E-state index in [1.54, 1.807) is 11.9 Å². The maximum absolute atomic E-state index is 12.6. The number of hydrogen-bond acceptors (Lipinski definition) is 3. The van der Waals surface area contributed by atoms with Gasteiger partial charge in [0.2, 0.25) is 11.8 Å². The zero-order chi connectivity index (χ0) is 17.2. The molecule has 0 radical (unpaired) electrons. The lowest BCUT2D eigenvalue weighted by Crippen LogP contribution is -2.58. The second kappa shape index (κ2) is 6.93. The molecule has 2 amide bonds. The van der Waals surface area contributed by atoms with Gasteiger partial charge in [0, 0.05) is 31.6 Å². The van der Waals surface area contributed by atoms with Crippen molar-refractivity contribution in [2.45, 2.75) is 43.6 Å². The van der Waals surface area contributed by atoms with Gasteiger partial charge in [0.15, 0.2) is 0 Å². The number of nitrogens with one attached hydrogen (secondary N) is 1. The van der Waals surface area contributed by atoms with Gasteiger partial charge in [0.25, 0.3) is 0 Å². The van der Waals surface area contributed by atoms with Crippen molar-refractivity contribution in [3.8, 4) is 0 Å². The molecular weight excluding hydrogens is 302 g/mol. The highest BCUT2D eigenvalue weighted by molar-refractivity contribution is 6.00. The van der Waals surface area contributed by atoms with Crippen LogP contribution in [0.5, 0.6) is 0 Å². The zero-order valence-corrected chi connectivity index (χ0v) is 14.3. The molecule has 1 aliphatic carbocycles. The maximum Gasteiger partial charge on any atom is 0.234 e. The van der Waals surface area contributed by atoms with Gasteiger partial charge in [-0.25, -0.2) is 0 Å². The number of amides is 2. The van der Waals surface area contributed by atoms with Crippen LogP contribution in [0.15, 0.2) is 30.3 Å². The highest BCUT2D eigenvalue weighted by Gasteiger charge is 2.46. The number of likely N-dealkylation sites (tertiary alicyclic amines) is 1. The van der Waals surface area contributed by atoms with Crippen molar-refractivity contribution in [2.75, 3.05) is 20.1 Å². The Bertz CT molecular complexity index is 596. The molecule has 1 saturated heterocycles. The van der Waals surface area contributed by atoms with Crippen LogP contribution in [0.2, 0.25) is 0 Å². The fraction of sp³-hybridized carbons (Fsp3) is 0.579. The summed E-state index contributed by atoms with van der Waals surface area (Å²) in [5.74, 6) is -0.683. The minimum absolute atomic E-state index is 0.0382. The molecule has 1 aromatic carbocycles. The van der Waals surface area contributed by atoms with Crippen LogP contribution in [-0.2, 0) is 15.0 Å². The predicted molar refractivity (Wildman–Crippen MR) is 93.3 cm³/mol. The summed E-state index contributed by atoms with van der Waals surface area (Å²) in [5, 5.41) is 3.08. The quantitative estimate of drug-likeness (QED) is 0.820. The van der Waals surface area contributed by atoms with E-state index in [-0.39, 0.29) is 23.3 Å². The van der Waals surface area contributed by atoms with Crippen LogP contribution >= 0.6 is 0 Å². The Morgan fingerprint density at radius 2 is 2.00 bits per heavy atom. The summed E-state index contributed by atoms with van der Waals surface area (Å²) in [6.45, 7) is 1.32. The van der Waals surface area contributed by atoms with Crippen molar-refractivity contribution < 1.29 is 9.59 Å². The molecule has 1 heterocycles. The SMILES string of the molecule is CN1CCCCC(C(=O)NC2CC(CN)(c3ccccc3)C2)C1=O. The van der Waals surface area contributed by atoms with Crippen LogP contribution < -0.4 is 11.1 Å². The van der Waals surface area contributed by atoms with Crippen molar-refractivity contribution in [1.82, 2.24) is 10.2 Å². The number of nitrogens with two attached hydrogens (primary N) is 1. The van der Waals surface area contributed by atoms with Crippen LogP contribution in [0.25, 0.3) is 0 Å². The standard InChI is InChI=1S/C19H27N3O2/c1-22-10-6-5-9-16(18(22)24)17(23)21-15-11-19(12-15,13-20)14-7-3-2-4-8-14/h2-4,7-8,15-16H,5-6,9-13,20H2,1H3,(H,21,23). The average Bonchev–Trinajstić information content (AvgIpc) is 2.73. The molecule has 24 heavy (non-hydrogen) atoms. The summed E-state index contributed by atoms with van der Waals surface area (Å²) < 4.78 is 0. The monoisotopic (exact) mass is 329 g/mol. The van der Waals surface area contributed by atoms with Crippen molar-refractivity contribution in [2.24, 2.45) is 11.7 Å². The molecule has 1 aromatic rings. The van der Waals surface area contributed by atoms with E-state index in [0.717, 1.165) is 32.2 Å². The van der Waals surface area contributed by atoms with E-state index in [2.05, 4.69) is 17.4 Å². The van der Waals surface area contributed by atoms with Gasteiger partial charge in [-0.05, 0) is 31.2 Å². The fourth-order valence-corrected chi connectivity index (χ4v) is 4.04. The van der Waals surface area contributed by atoms with Crippen LogP contribution in [0.4, 0.5) is 0 Å². The molecule has 0 bridgehead atoms. The van der Waals surface area contributed by atoms with E-state index in [4.69, 9.17) is 5.73 Å². The van der Waals surface area contributed by atoms with Crippen molar-refractivity contribution >= 4 is 11.8 Å². The molecule has 5 heteroatoms. The number of benzene rings is 1. The van der Waals surface area contributed by atoms with E-state index >= 15 is 0 Å². The third-order valence-electron chi connectivity index (χ3n) is 5.62. The second-order valence-corrected chi connectivity index (χ2v) is 7.27. The number of rotatable bonds is 4. The number of hydrogen-bond donors (Lipinski definition) is 2. The van der Waals surface area contributed by atoms with Gasteiger partial charge in [-0.3, -0.25) is 9.59 Å². The second-order valence-electron chi connectivity index (χ2n) is 7.27. The first-order chi connectivity index (χ1) is 11.6. The third-order valence-corrected chi connectivity index (χ3v) is 5.62. The van der Waals surface area contributed by atoms with Crippen molar-refractivity contribution in [1.29, 1.82) is 0 Å². The molecule has 1 unspecified atom stereocenters. The largest absolute Gasteiger partial charge is 0.353 e. The molecule has 3 N–H and O–H groups in total. The van der Waals surface area contributed by atoms with Gasteiger partial charge >= 0.3 is 0 Å². The van der Waals surface area contributed by atoms with E-state index < -0.39 is 5.92 Å². The van der Waals surface area contributed by atoms with E-state index in [1.165, 1.54) is 5.56 Å². The Labute approximate surface area is 143 Å². The summed E-state index contributed by atoms with van der Waals surface area (Å²) in [5.41, 5.74) is 7.22. The molecule has 1 aliphatic heterocycles. The molecule has 2 aliphatic rings. The summed E-state index contributed by atoms with van der Waals surface area (Å²) in [4.78, 5) is 26.6. The van der Waals surface area contributed by atoms with E-state index in [1.807, 2.05) is 18.2 Å². The van der Waals surface area contributed by atoms with Crippen LogP contribution in [0.1, 0.15) is 37.7 Å². The minimum Gasteiger partial charge on any atom is -0.353 e. The van der Waals surface area contributed by atoms with Crippen molar-refractivity contribution in [3.63, 3.8) is 0 Å². The number of nitrogens with zero attached hydrogens (tertiary/aromatic N) is 1. The molecular formula is C19H27N3O2. The van der Waals surface area contributed by atoms with E-state index in [0.29, 0.717) is 13.0 Å². The van der Waals surface area contributed by atoms with Crippen LogP contribution in [0.3, 0.4) is 0 Å². The maximum atomic E-state index is 12.6. The fourth-order valence-electron chi connectivity index (χ4n) is 4.04. The van der Waals surface area contributed by atoms with Crippen molar-refractivity contribution in [3.05, 3.63) is 35.9 Å². The summed E-state index contributed by atoms with van der Waals surface area (Å²) in [6.07, 6.45) is 4.24.